The molecule has 1 atom stereocenters. The maximum Gasteiger partial charge on any atom is 0.249 e. The van der Waals surface area contributed by atoms with E-state index in [2.05, 4.69) is 15.4 Å². The molecule has 0 bridgehead atoms. The van der Waals surface area contributed by atoms with Gasteiger partial charge in [-0.3, -0.25) is 14.9 Å². The van der Waals surface area contributed by atoms with Crippen molar-refractivity contribution in [2.24, 2.45) is 5.92 Å². The first-order valence-corrected chi connectivity index (χ1v) is 9.26. The summed E-state index contributed by atoms with van der Waals surface area (Å²) in [6, 6.07) is 8.80. The van der Waals surface area contributed by atoms with Crippen molar-refractivity contribution in [2.75, 3.05) is 38.1 Å². The highest BCUT2D eigenvalue weighted by Gasteiger charge is 2.36. The van der Waals surface area contributed by atoms with Gasteiger partial charge in [-0.05, 0) is 12.1 Å². The third kappa shape index (κ3) is 3.47. The zero-order valence-electron chi connectivity index (χ0n) is 16.8. The molecule has 3 aromatic rings. The third-order valence-electron chi connectivity index (χ3n) is 4.93. The van der Waals surface area contributed by atoms with E-state index in [1.807, 2.05) is 12.1 Å². The molecule has 3 heterocycles. The topological polar surface area (TPSA) is 107 Å². The fourth-order valence-corrected chi connectivity index (χ4v) is 3.45. The van der Waals surface area contributed by atoms with Crippen LogP contribution in [-0.4, -0.2) is 54.3 Å². The fourth-order valence-electron chi connectivity index (χ4n) is 3.45. The standard InChI is InChI=1S/C20H21N5O5/c1-28-14-9-13(10-15(29-2)18(14)30-3)24-11-12(8-17(24)26)19(27)22-20-21-16-6-4-5-7-25(16)23-20/h4-7,9-10,12H,8,11H2,1-3H3,(H,22,23,27)/t12-/m1/s1. The van der Waals surface area contributed by atoms with Crippen LogP contribution in [-0.2, 0) is 9.59 Å². The molecule has 0 aliphatic carbocycles. The van der Waals surface area contributed by atoms with Crippen molar-refractivity contribution < 1.29 is 23.8 Å². The Morgan fingerprint density at radius 3 is 2.50 bits per heavy atom. The molecule has 10 heteroatoms. The average Bonchev–Trinajstić information content (AvgIpc) is 3.35. The number of rotatable bonds is 6. The third-order valence-corrected chi connectivity index (χ3v) is 4.93. The van der Waals surface area contributed by atoms with E-state index >= 15 is 0 Å². The summed E-state index contributed by atoms with van der Waals surface area (Å²) >= 11 is 0. The zero-order valence-corrected chi connectivity index (χ0v) is 16.8. The van der Waals surface area contributed by atoms with E-state index in [1.165, 1.54) is 26.2 Å². The highest BCUT2D eigenvalue weighted by Crippen LogP contribution is 2.42. The Morgan fingerprint density at radius 2 is 1.87 bits per heavy atom. The molecule has 156 valence electrons. The van der Waals surface area contributed by atoms with Gasteiger partial charge in [0.25, 0.3) is 0 Å². The minimum atomic E-state index is -0.539. The van der Waals surface area contributed by atoms with Gasteiger partial charge < -0.3 is 19.1 Å². The van der Waals surface area contributed by atoms with Gasteiger partial charge in [0.05, 0.1) is 32.9 Å². The fraction of sp³-hybridized carbons (Fsp3) is 0.300. The number of aromatic nitrogens is 3. The molecule has 0 spiro atoms. The number of anilines is 2. The first-order valence-electron chi connectivity index (χ1n) is 9.26. The van der Waals surface area contributed by atoms with Crippen LogP contribution in [0.2, 0.25) is 0 Å². The van der Waals surface area contributed by atoms with Crippen molar-refractivity contribution in [3.63, 3.8) is 0 Å². The monoisotopic (exact) mass is 411 g/mol. The van der Waals surface area contributed by atoms with E-state index in [0.717, 1.165) is 0 Å². The summed E-state index contributed by atoms with van der Waals surface area (Å²) in [6.07, 6.45) is 1.82. The maximum atomic E-state index is 12.7. The normalized spacial score (nSPS) is 16.0. The van der Waals surface area contributed by atoms with Crippen LogP contribution in [0.1, 0.15) is 6.42 Å². The Labute approximate surface area is 172 Å². The van der Waals surface area contributed by atoms with Crippen LogP contribution in [0.15, 0.2) is 36.5 Å². The molecule has 0 radical (unpaired) electrons. The van der Waals surface area contributed by atoms with Crippen LogP contribution in [0.25, 0.3) is 5.65 Å². The summed E-state index contributed by atoms with van der Waals surface area (Å²) < 4.78 is 17.6. The molecule has 10 nitrogen and oxygen atoms in total. The lowest BCUT2D eigenvalue weighted by Crippen LogP contribution is -2.28. The second kappa shape index (κ2) is 7.90. The van der Waals surface area contributed by atoms with Crippen molar-refractivity contribution in [3.8, 4) is 17.2 Å². The van der Waals surface area contributed by atoms with E-state index in [1.54, 1.807) is 28.9 Å². The summed E-state index contributed by atoms with van der Waals surface area (Å²) in [4.78, 5) is 31.1. The number of nitrogens with zero attached hydrogens (tertiary/aromatic N) is 4. The van der Waals surface area contributed by atoms with Gasteiger partial charge in [0.1, 0.15) is 0 Å². The van der Waals surface area contributed by atoms with Gasteiger partial charge in [0.2, 0.25) is 23.5 Å². The van der Waals surface area contributed by atoms with Gasteiger partial charge in [0.15, 0.2) is 17.1 Å². The first kappa shape index (κ1) is 19.5. The van der Waals surface area contributed by atoms with Crippen LogP contribution >= 0.6 is 0 Å². The molecule has 1 aliphatic heterocycles. The minimum Gasteiger partial charge on any atom is -0.493 e. The molecule has 2 amide bonds. The smallest absolute Gasteiger partial charge is 0.249 e. The van der Waals surface area contributed by atoms with E-state index in [9.17, 15) is 9.59 Å². The first-order chi connectivity index (χ1) is 14.5. The molecule has 1 N–H and O–H groups in total. The second-order valence-electron chi connectivity index (χ2n) is 6.72. The van der Waals surface area contributed by atoms with Crippen LogP contribution < -0.4 is 24.4 Å². The quantitative estimate of drug-likeness (QED) is 0.658. The second-order valence-corrected chi connectivity index (χ2v) is 6.72. The number of ether oxygens (including phenoxy) is 3. The number of methoxy groups -OCH3 is 3. The lowest BCUT2D eigenvalue weighted by Gasteiger charge is -2.20. The molecule has 2 aromatic heterocycles. The average molecular weight is 411 g/mol. The molecule has 0 saturated carbocycles. The van der Waals surface area contributed by atoms with Gasteiger partial charge in [-0.1, -0.05) is 6.07 Å². The lowest BCUT2D eigenvalue weighted by molar-refractivity contribution is -0.122. The van der Waals surface area contributed by atoms with E-state index in [0.29, 0.717) is 28.6 Å². The molecule has 1 aliphatic rings. The van der Waals surface area contributed by atoms with Gasteiger partial charge in [0, 0.05) is 31.3 Å². The predicted molar refractivity (Wildman–Crippen MR) is 108 cm³/mol. The van der Waals surface area contributed by atoms with Gasteiger partial charge in [-0.15, -0.1) is 5.10 Å². The molecular formula is C20H21N5O5. The number of hydrogen-bond donors (Lipinski definition) is 1. The molecular weight excluding hydrogens is 390 g/mol. The Balaban J connectivity index is 1.53. The molecule has 30 heavy (non-hydrogen) atoms. The van der Waals surface area contributed by atoms with Crippen LogP contribution in [0.4, 0.5) is 11.6 Å². The highest BCUT2D eigenvalue weighted by molar-refractivity contribution is 6.03. The number of carbonyl (C=O) groups is 2. The van der Waals surface area contributed by atoms with Gasteiger partial charge in [-0.2, -0.15) is 4.98 Å². The van der Waals surface area contributed by atoms with Crippen LogP contribution in [0.3, 0.4) is 0 Å². The number of hydrogen-bond acceptors (Lipinski definition) is 7. The highest BCUT2D eigenvalue weighted by atomic mass is 16.5. The molecule has 1 saturated heterocycles. The molecule has 1 aromatic carbocycles. The van der Waals surface area contributed by atoms with Crippen LogP contribution in [0.5, 0.6) is 17.2 Å². The van der Waals surface area contributed by atoms with Gasteiger partial charge in [-0.25, -0.2) is 4.52 Å². The lowest BCUT2D eigenvalue weighted by atomic mass is 10.1. The van der Waals surface area contributed by atoms with Crippen molar-refractivity contribution >= 4 is 29.1 Å². The Kier molecular flexibility index (Phi) is 5.13. The number of nitrogens with one attached hydrogen (secondary N) is 1. The van der Waals surface area contributed by atoms with E-state index in [-0.39, 0.29) is 30.7 Å². The summed E-state index contributed by atoms with van der Waals surface area (Å²) in [5.41, 5.74) is 1.19. The Hall–Kier alpha value is -3.82. The SMILES string of the molecule is COc1cc(N2C[C@H](C(=O)Nc3nc4ccccn4n3)CC2=O)cc(OC)c1OC. The van der Waals surface area contributed by atoms with Crippen molar-refractivity contribution in [2.45, 2.75) is 6.42 Å². The molecule has 1 fully saturated rings. The van der Waals surface area contributed by atoms with Crippen LogP contribution in [0, 0.1) is 5.92 Å². The summed E-state index contributed by atoms with van der Waals surface area (Å²) in [6.45, 7) is 0.219. The summed E-state index contributed by atoms with van der Waals surface area (Å²) in [5.74, 6) is 0.472. The van der Waals surface area contributed by atoms with E-state index < -0.39 is 5.92 Å². The van der Waals surface area contributed by atoms with Crippen molar-refractivity contribution in [1.82, 2.24) is 14.6 Å². The number of benzene rings is 1. The number of carbonyl (C=O) groups excluding carboxylic acids is 2. The Bertz CT molecular complexity index is 1050. The number of fused-ring (bicyclic) bond motifs is 1. The number of pyridine rings is 1. The van der Waals surface area contributed by atoms with Crippen molar-refractivity contribution in [1.29, 1.82) is 0 Å². The van der Waals surface area contributed by atoms with E-state index in [4.69, 9.17) is 14.2 Å². The molecule has 4 rings (SSSR count). The Morgan fingerprint density at radius 1 is 1.13 bits per heavy atom. The largest absolute Gasteiger partial charge is 0.493 e. The molecule has 0 unspecified atom stereocenters. The minimum absolute atomic E-state index is 0.0792. The number of amides is 2. The van der Waals surface area contributed by atoms with Crippen molar-refractivity contribution in [3.05, 3.63) is 36.5 Å². The summed E-state index contributed by atoms with van der Waals surface area (Å²) in [7, 11) is 4.52. The summed E-state index contributed by atoms with van der Waals surface area (Å²) in [5, 5.41) is 6.91. The van der Waals surface area contributed by atoms with Gasteiger partial charge >= 0.3 is 0 Å². The predicted octanol–water partition coefficient (Wildman–Crippen LogP) is 1.75. The zero-order chi connectivity index (χ0) is 21.3. The maximum absolute atomic E-state index is 12.7.